The van der Waals surface area contributed by atoms with Crippen LogP contribution in [0.4, 0.5) is 0 Å². The number of hydrogen-bond donors (Lipinski definition) is 1. The highest BCUT2D eigenvalue weighted by atomic mass is 32.1. The number of thiazole rings is 1. The van der Waals surface area contributed by atoms with E-state index in [-0.39, 0.29) is 11.7 Å². The number of amides is 1. The Morgan fingerprint density at radius 2 is 1.67 bits per heavy atom. The molecule has 0 atom stereocenters. The minimum Gasteiger partial charge on any atom is -0.346 e. The molecule has 1 N–H and O–H groups in total. The average Bonchev–Trinajstić information content (AvgIpc) is 3.05. The highest BCUT2D eigenvalue weighted by molar-refractivity contribution is 7.09. The number of aromatic nitrogens is 1. The summed E-state index contributed by atoms with van der Waals surface area (Å²) >= 11 is 1.54. The third-order valence-electron chi connectivity index (χ3n) is 3.55. The van der Waals surface area contributed by atoms with Crippen molar-refractivity contribution in [2.24, 2.45) is 0 Å². The van der Waals surface area contributed by atoms with Gasteiger partial charge in [-0.15, -0.1) is 11.3 Å². The second-order valence-electron chi connectivity index (χ2n) is 5.28. The van der Waals surface area contributed by atoms with Crippen LogP contribution in [0.1, 0.15) is 37.0 Å². The third kappa shape index (κ3) is 3.58. The maximum Gasteiger partial charge on any atom is 0.252 e. The number of carbonyl (C=O) groups excluding carboxylic acids is 2. The standard InChI is InChI=1S/C19H16N2O2S/c1-13-21-15(12-24-13)11-20-19(23)17-10-6-5-9-16(17)18(22)14-7-3-2-4-8-14/h2-10,12H,11H2,1H3,(H,20,23). The predicted octanol–water partition coefficient (Wildman–Crippen LogP) is 3.61. The lowest BCUT2D eigenvalue weighted by molar-refractivity contribution is 0.0939. The molecule has 0 fully saturated rings. The minimum atomic E-state index is -0.277. The van der Waals surface area contributed by atoms with Crippen molar-refractivity contribution in [1.82, 2.24) is 10.3 Å². The molecule has 0 saturated heterocycles. The van der Waals surface area contributed by atoms with Gasteiger partial charge in [0.2, 0.25) is 0 Å². The van der Waals surface area contributed by atoms with Gasteiger partial charge in [-0.3, -0.25) is 9.59 Å². The smallest absolute Gasteiger partial charge is 0.252 e. The van der Waals surface area contributed by atoms with Crippen LogP contribution >= 0.6 is 11.3 Å². The number of nitrogens with zero attached hydrogens (tertiary/aromatic N) is 1. The molecule has 1 heterocycles. The summed E-state index contributed by atoms with van der Waals surface area (Å²) < 4.78 is 0. The molecule has 0 aliphatic rings. The van der Waals surface area contributed by atoms with E-state index in [4.69, 9.17) is 0 Å². The molecule has 2 aromatic carbocycles. The zero-order valence-electron chi connectivity index (χ0n) is 13.2. The number of carbonyl (C=O) groups is 2. The molecule has 3 aromatic rings. The van der Waals surface area contributed by atoms with Gasteiger partial charge >= 0.3 is 0 Å². The minimum absolute atomic E-state index is 0.161. The number of rotatable bonds is 5. The maximum absolute atomic E-state index is 12.7. The van der Waals surface area contributed by atoms with E-state index >= 15 is 0 Å². The van der Waals surface area contributed by atoms with Gasteiger partial charge in [-0.2, -0.15) is 0 Å². The van der Waals surface area contributed by atoms with Crippen molar-refractivity contribution < 1.29 is 9.59 Å². The van der Waals surface area contributed by atoms with Gasteiger partial charge in [0.1, 0.15) is 0 Å². The monoisotopic (exact) mass is 336 g/mol. The van der Waals surface area contributed by atoms with Crippen LogP contribution in [-0.4, -0.2) is 16.7 Å². The van der Waals surface area contributed by atoms with E-state index in [1.165, 1.54) is 0 Å². The molecule has 0 spiro atoms. The fourth-order valence-corrected chi connectivity index (χ4v) is 2.99. The van der Waals surface area contributed by atoms with Crippen LogP contribution in [0.25, 0.3) is 0 Å². The lowest BCUT2D eigenvalue weighted by Crippen LogP contribution is -2.25. The van der Waals surface area contributed by atoms with Gasteiger partial charge in [0.15, 0.2) is 5.78 Å². The summed E-state index contributed by atoms with van der Waals surface area (Å²) in [4.78, 5) is 29.5. The Morgan fingerprint density at radius 3 is 2.33 bits per heavy atom. The van der Waals surface area contributed by atoms with Crippen molar-refractivity contribution in [3.63, 3.8) is 0 Å². The molecule has 0 aliphatic carbocycles. The molecule has 0 aliphatic heterocycles. The highest BCUT2D eigenvalue weighted by Crippen LogP contribution is 2.15. The summed E-state index contributed by atoms with van der Waals surface area (Å²) in [7, 11) is 0. The summed E-state index contributed by atoms with van der Waals surface area (Å²) in [6.45, 7) is 2.26. The van der Waals surface area contributed by atoms with Gasteiger partial charge < -0.3 is 5.32 Å². The zero-order valence-corrected chi connectivity index (χ0v) is 14.0. The van der Waals surface area contributed by atoms with E-state index in [1.54, 1.807) is 59.9 Å². The summed E-state index contributed by atoms with van der Waals surface area (Å²) in [5, 5.41) is 5.70. The third-order valence-corrected chi connectivity index (χ3v) is 4.37. The predicted molar refractivity (Wildman–Crippen MR) is 94.3 cm³/mol. The van der Waals surface area contributed by atoms with Gasteiger partial charge in [0, 0.05) is 16.5 Å². The molecular formula is C19H16N2O2S. The fraction of sp³-hybridized carbons (Fsp3) is 0.105. The van der Waals surface area contributed by atoms with Crippen molar-refractivity contribution in [1.29, 1.82) is 0 Å². The lowest BCUT2D eigenvalue weighted by Gasteiger charge is -2.09. The SMILES string of the molecule is Cc1nc(CNC(=O)c2ccccc2C(=O)c2ccccc2)cs1. The van der Waals surface area contributed by atoms with Gasteiger partial charge in [-0.25, -0.2) is 4.98 Å². The van der Waals surface area contributed by atoms with Gasteiger partial charge in [-0.05, 0) is 13.0 Å². The van der Waals surface area contributed by atoms with Crippen LogP contribution in [0.5, 0.6) is 0 Å². The second kappa shape index (κ2) is 7.19. The summed E-state index contributed by atoms with van der Waals surface area (Å²) in [6.07, 6.45) is 0. The Kier molecular flexibility index (Phi) is 4.82. The van der Waals surface area contributed by atoms with Crippen LogP contribution in [0.2, 0.25) is 0 Å². The molecule has 0 saturated carbocycles. The van der Waals surface area contributed by atoms with Crippen molar-refractivity contribution >= 4 is 23.0 Å². The first-order chi connectivity index (χ1) is 11.6. The lowest BCUT2D eigenvalue weighted by atomic mass is 9.98. The Morgan fingerprint density at radius 1 is 1.00 bits per heavy atom. The van der Waals surface area contributed by atoms with E-state index in [0.717, 1.165) is 10.7 Å². The molecule has 1 amide bonds. The number of ketones is 1. The molecule has 4 nitrogen and oxygen atoms in total. The largest absolute Gasteiger partial charge is 0.346 e. The molecular weight excluding hydrogens is 320 g/mol. The first kappa shape index (κ1) is 16.1. The van der Waals surface area contributed by atoms with Crippen molar-refractivity contribution in [3.05, 3.63) is 87.4 Å². The van der Waals surface area contributed by atoms with Gasteiger partial charge in [-0.1, -0.05) is 48.5 Å². The van der Waals surface area contributed by atoms with Crippen LogP contribution in [-0.2, 0) is 6.54 Å². The Hall–Kier alpha value is -2.79. The van der Waals surface area contributed by atoms with Gasteiger partial charge in [0.05, 0.1) is 22.8 Å². The number of nitrogens with one attached hydrogen (secondary N) is 1. The maximum atomic E-state index is 12.7. The molecule has 1 aromatic heterocycles. The first-order valence-corrected chi connectivity index (χ1v) is 8.41. The van der Waals surface area contributed by atoms with E-state index in [0.29, 0.717) is 23.2 Å². The quantitative estimate of drug-likeness (QED) is 0.724. The Bertz CT molecular complexity index is 872. The van der Waals surface area contributed by atoms with Crippen molar-refractivity contribution in [3.8, 4) is 0 Å². The molecule has 0 radical (unpaired) electrons. The molecule has 5 heteroatoms. The average molecular weight is 336 g/mol. The molecule has 24 heavy (non-hydrogen) atoms. The summed E-state index contributed by atoms with van der Waals surface area (Å²) in [5.41, 5.74) is 2.15. The van der Waals surface area contributed by atoms with Crippen molar-refractivity contribution in [2.45, 2.75) is 13.5 Å². The Labute approximate surface area is 144 Å². The normalized spacial score (nSPS) is 10.4. The molecule has 0 bridgehead atoms. The summed E-state index contributed by atoms with van der Waals surface area (Å²) in [5.74, 6) is -0.439. The number of aryl methyl sites for hydroxylation is 1. The van der Waals surface area contributed by atoms with Crippen LogP contribution in [0, 0.1) is 6.92 Å². The van der Waals surface area contributed by atoms with Crippen LogP contribution < -0.4 is 5.32 Å². The van der Waals surface area contributed by atoms with E-state index in [2.05, 4.69) is 10.3 Å². The van der Waals surface area contributed by atoms with Gasteiger partial charge in [0.25, 0.3) is 5.91 Å². The van der Waals surface area contributed by atoms with E-state index < -0.39 is 0 Å². The Balaban J connectivity index is 1.81. The van der Waals surface area contributed by atoms with E-state index in [9.17, 15) is 9.59 Å². The number of hydrogen-bond acceptors (Lipinski definition) is 4. The first-order valence-electron chi connectivity index (χ1n) is 7.53. The van der Waals surface area contributed by atoms with E-state index in [1.807, 2.05) is 18.4 Å². The second-order valence-corrected chi connectivity index (χ2v) is 6.34. The summed E-state index contributed by atoms with van der Waals surface area (Å²) in [6, 6.07) is 15.8. The molecule has 120 valence electrons. The molecule has 0 unspecified atom stereocenters. The van der Waals surface area contributed by atoms with Crippen LogP contribution in [0.3, 0.4) is 0 Å². The fourth-order valence-electron chi connectivity index (χ4n) is 2.38. The number of benzene rings is 2. The highest BCUT2D eigenvalue weighted by Gasteiger charge is 2.17. The van der Waals surface area contributed by atoms with Crippen molar-refractivity contribution in [2.75, 3.05) is 0 Å². The zero-order chi connectivity index (χ0) is 16.9. The topological polar surface area (TPSA) is 59.1 Å². The van der Waals surface area contributed by atoms with Crippen LogP contribution in [0.15, 0.2) is 60.0 Å². The molecule has 3 rings (SSSR count).